The number of hydrogen-bond donors (Lipinski definition) is 1. The molecule has 0 bridgehead atoms. The van der Waals surface area contributed by atoms with Crippen molar-refractivity contribution in [2.75, 3.05) is 5.32 Å². The van der Waals surface area contributed by atoms with Crippen LogP contribution in [0.2, 0.25) is 0 Å². The fraction of sp³-hybridized carbons (Fsp3) is 0.261. The van der Waals surface area contributed by atoms with Crippen LogP contribution in [-0.2, 0) is 15.3 Å². The summed E-state index contributed by atoms with van der Waals surface area (Å²) < 4.78 is 10.6. The molecule has 0 saturated carbocycles. The van der Waals surface area contributed by atoms with Gasteiger partial charge in [0.05, 0.1) is 11.3 Å². The Kier molecular flexibility index (Phi) is 6.95. The van der Waals surface area contributed by atoms with E-state index in [9.17, 15) is 9.59 Å². The number of anilines is 1. The Bertz CT molecular complexity index is 1020. The predicted octanol–water partition coefficient (Wildman–Crippen LogP) is 5.08. The van der Waals surface area contributed by atoms with Gasteiger partial charge in [0, 0.05) is 21.9 Å². The van der Waals surface area contributed by atoms with E-state index in [0.717, 1.165) is 27.5 Å². The van der Waals surface area contributed by atoms with Crippen molar-refractivity contribution in [2.45, 2.75) is 44.4 Å². The maximum Gasteiger partial charge on any atom is 0.340 e. The molecule has 0 aliphatic heterocycles. The van der Waals surface area contributed by atoms with Gasteiger partial charge >= 0.3 is 5.97 Å². The summed E-state index contributed by atoms with van der Waals surface area (Å²) in [5.74, 6) is 0.465. The topological polar surface area (TPSA) is 81.4 Å². The number of thioether (sulfide) groups is 1. The van der Waals surface area contributed by atoms with E-state index in [1.165, 1.54) is 11.8 Å². The van der Waals surface area contributed by atoms with Crippen LogP contribution in [-0.4, -0.2) is 23.1 Å². The van der Waals surface area contributed by atoms with Gasteiger partial charge in [-0.15, -0.1) is 11.8 Å². The van der Waals surface area contributed by atoms with Crippen LogP contribution >= 0.6 is 11.8 Å². The molecule has 0 spiro atoms. The summed E-state index contributed by atoms with van der Waals surface area (Å²) in [6.45, 7) is 7.28. The second-order valence-electron chi connectivity index (χ2n) is 6.99. The lowest BCUT2D eigenvalue weighted by Gasteiger charge is -2.15. The SMILES string of the molecule is Cc1ccc(NC(=O)[C@H](C)OC(=O)c2ccccc2SCc2c(C)noc2C)cc1. The van der Waals surface area contributed by atoms with Gasteiger partial charge in [0.15, 0.2) is 6.10 Å². The Morgan fingerprint density at radius 1 is 1.10 bits per heavy atom. The van der Waals surface area contributed by atoms with Crippen molar-refractivity contribution in [3.05, 3.63) is 76.7 Å². The van der Waals surface area contributed by atoms with Gasteiger partial charge in [-0.2, -0.15) is 0 Å². The minimum atomic E-state index is -0.931. The molecule has 1 heterocycles. The summed E-state index contributed by atoms with van der Waals surface area (Å²) >= 11 is 1.50. The number of carbonyl (C=O) groups excluding carboxylic acids is 2. The zero-order valence-corrected chi connectivity index (χ0v) is 18.2. The van der Waals surface area contributed by atoms with Crippen molar-refractivity contribution >= 4 is 29.3 Å². The van der Waals surface area contributed by atoms with Crippen molar-refractivity contribution in [2.24, 2.45) is 0 Å². The molecule has 6 nitrogen and oxygen atoms in total. The number of hydrogen-bond acceptors (Lipinski definition) is 6. The molecule has 0 fully saturated rings. The molecule has 0 aliphatic carbocycles. The van der Waals surface area contributed by atoms with Crippen LogP contribution in [0.1, 0.15) is 39.9 Å². The predicted molar refractivity (Wildman–Crippen MR) is 117 cm³/mol. The number of aromatic nitrogens is 1. The number of carbonyl (C=O) groups is 2. The number of rotatable bonds is 7. The molecule has 1 N–H and O–H groups in total. The largest absolute Gasteiger partial charge is 0.449 e. The second kappa shape index (κ2) is 9.63. The average Bonchev–Trinajstić information content (AvgIpc) is 3.05. The highest BCUT2D eigenvalue weighted by Gasteiger charge is 2.21. The molecule has 0 radical (unpaired) electrons. The Balaban J connectivity index is 1.64. The van der Waals surface area contributed by atoms with Crippen molar-refractivity contribution in [3.63, 3.8) is 0 Å². The van der Waals surface area contributed by atoms with E-state index >= 15 is 0 Å². The molecule has 0 aliphatic rings. The molecule has 3 aromatic rings. The van der Waals surface area contributed by atoms with Crippen molar-refractivity contribution in [1.29, 1.82) is 0 Å². The van der Waals surface area contributed by atoms with Crippen LogP contribution in [0.3, 0.4) is 0 Å². The molecular formula is C23H24N2O4S. The first-order valence-corrected chi connectivity index (χ1v) is 10.6. The van der Waals surface area contributed by atoms with E-state index in [1.807, 2.05) is 57.2 Å². The van der Waals surface area contributed by atoms with Gasteiger partial charge in [-0.1, -0.05) is 35.0 Å². The van der Waals surface area contributed by atoms with Crippen LogP contribution in [0, 0.1) is 20.8 Å². The van der Waals surface area contributed by atoms with Crippen molar-refractivity contribution in [3.8, 4) is 0 Å². The summed E-state index contributed by atoms with van der Waals surface area (Å²) in [6, 6.07) is 14.6. The van der Waals surface area contributed by atoms with Crippen LogP contribution in [0.25, 0.3) is 0 Å². The smallest absolute Gasteiger partial charge is 0.340 e. The zero-order valence-electron chi connectivity index (χ0n) is 17.4. The fourth-order valence-electron chi connectivity index (χ4n) is 2.78. The molecule has 2 aromatic carbocycles. The first-order chi connectivity index (χ1) is 14.3. The Morgan fingerprint density at radius 2 is 1.80 bits per heavy atom. The van der Waals surface area contributed by atoms with Gasteiger partial charge in [0.25, 0.3) is 5.91 Å². The summed E-state index contributed by atoms with van der Waals surface area (Å²) in [5.41, 5.74) is 4.02. The van der Waals surface area contributed by atoms with Crippen LogP contribution < -0.4 is 5.32 Å². The standard InChI is InChI=1S/C23H24N2O4S/c1-14-9-11-18(12-10-14)24-22(26)17(4)28-23(27)19-7-5-6-8-21(19)30-13-20-15(2)25-29-16(20)3/h5-12,17H,13H2,1-4H3,(H,24,26)/t17-/m0/s1. The van der Waals surface area contributed by atoms with Gasteiger partial charge < -0.3 is 14.6 Å². The summed E-state index contributed by atoms with van der Waals surface area (Å²) in [7, 11) is 0. The number of nitrogens with one attached hydrogen (secondary N) is 1. The summed E-state index contributed by atoms with van der Waals surface area (Å²) in [5, 5.41) is 6.72. The highest BCUT2D eigenvalue weighted by Crippen LogP contribution is 2.29. The van der Waals surface area contributed by atoms with E-state index in [4.69, 9.17) is 9.26 Å². The van der Waals surface area contributed by atoms with Gasteiger partial charge in [-0.3, -0.25) is 4.79 Å². The van der Waals surface area contributed by atoms with E-state index in [0.29, 0.717) is 17.0 Å². The Morgan fingerprint density at radius 3 is 2.47 bits per heavy atom. The van der Waals surface area contributed by atoms with Crippen LogP contribution in [0.15, 0.2) is 57.9 Å². The Labute approximate surface area is 180 Å². The highest BCUT2D eigenvalue weighted by molar-refractivity contribution is 7.98. The number of amides is 1. The lowest BCUT2D eigenvalue weighted by molar-refractivity contribution is -0.123. The van der Waals surface area contributed by atoms with Gasteiger partial charge in [0.1, 0.15) is 5.76 Å². The molecule has 1 aromatic heterocycles. The minimum absolute atomic E-state index is 0.381. The van der Waals surface area contributed by atoms with Gasteiger partial charge in [0.2, 0.25) is 0 Å². The van der Waals surface area contributed by atoms with E-state index in [2.05, 4.69) is 10.5 Å². The number of aryl methyl sites for hydroxylation is 3. The molecule has 1 amide bonds. The number of ether oxygens (including phenoxy) is 1. The highest BCUT2D eigenvalue weighted by atomic mass is 32.2. The number of nitrogens with zero attached hydrogens (tertiary/aromatic N) is 1. The lowest BCUT2D eigenvalue weighted by atomic mass is 10.2. The zero-order chi connectivity index (χ0) is 21.7. The molecule has 3 rings (SSSR count). The van der Waals surface area contributed by atoms with Gasteiger partial charge in [-0.05, 0) is 52.0 Å². The Hall–Kier alpha value is -3.06. The fourth-order valence-corrected chi connectivity index (χ4v) is 3.97. The first kappa shape index (κ1) is 21.6. The first-order valence-electron chi connectivity index (χ1n) is 9.57. The molecular weight excluding hydrogens is 400 g/mol. The monoisotopic (exact) mass is 424 g/mol. The quantitative estimate of drug-likeness (QED) is 0.421. The third-order valence-corrected chi connectivity index (χ3v) is 5.73. The van der Waals surface area contributed by atoms with E-state index in [-0.39, 0.29) is 5.91 Å². The lowest BCUT2D eigenvalue weighted by Crippen LogP contribution is -2.30. The maximum atomic E-state index is 12.7. The number of esters is 1. The summed E-state index contributed by atoms with van der Waals surface area (Å²) in [4.78, 5) is 25.9. The van der Waals surface area contributed by atoms with E-state index in [1.54, 1.807) is 19.1 Å². The molecule has 30 heavy (non-hydrogen) atoms. The van der Waals surface area contributed by atoms with Crippen LogP contribution in [0.5, 0.6) is 0 Å². The van der Waals surface area contributed by atoms with Crippen molar-refractivity contribution in [1.82, 2.24) is 5.16 Å². The average molecular weight is 425 g/mol. The second-order valence-corrected chi connectivity index (χ2v) is 8.01. The third-order valence-electron chi connectivity index (χ3n) is 4.63. The molecule has 1 atom stereocenters. The molecule has 7 heteroatoms. The van der Waals surface area contributed by atoms with Crippen LogP contribution in [0.4, 0.5) is 5.69 Å². The van der Waals surface area contributed by atoms with Crippen molar-refractivity contribution < 1.29 is 18.8 Å². The number of benzene rings is 2. The maximum absolute atomic E-state index is 12.7. The summed E-state index contributed by atoms with van der Waals surface area (Å²) in [6.07, 6.45) is -0.931. The molecule has 0 saturated heterocycles. The normalized spacial score (nSPS) is 11.7. The molecule has 0 unspecified atom stereocenters. The van der Waals surface area contributed by atoms with Gasteiger partial charge in [-0.25, -0.2) is 4.79 Å². The third kappa shape index (κ3) is 5.30. The minimum Gasteiger partial charge on any atom is -0.449 e. The van der Waals surface area contributed by atoms with E-state index < -0.39 is 12.1 Å². The molecule has 156 valence electrons.